The summed E-state index contributed by atoms with van der Waals surface area (Å²) in [5, 5.41) is 9.73. The second kappa shape index (κ2) is 9.11. The van der Waals surface area contributed by atoms with Crippen molar-refractivity contribution >= 4 is 40.0 Å². The summed E-state index contributed by atoms with van der Waals surface area (Å²) in [7, 11) is 0. The number of aromatic nitrogens is 4. The molecule has 1 saturated heterocycles. The van der Waals surface area contributed by atoms with E-state index in [9.17, 15) is 9.59 Å². The number of fused-ring (bicyclic) bond motifs is 3. The van der Waals surface area contributed by atoms with E-state index in [1.165, 1.54) is 17.4 Å². The normalized spacial score (nSPS) is 14.2. The Morgan fingerprint density at radius 1 is 1.00 bits per heavy atom. The molecule has 0 spiro atoms. The summed E-state index contributed by atoms with van der Waals surface area (Å²) < 4.78 is 3.41. The van der Waals surface area contributed by atoms with Crippen molar-refractivity contribution in [3.05, 3.63) is 77.6 Å². The highest BCUT2D eigenvalue weighted by molar-refractivity contribution is 7.99. The van der Waals surface area contributed by atoms with Crippen LogP contribution < -0.4 is 10.5 Å². The van der Waals surface area contributed by atoms with Crippen LogP contribution in [0.15, 0.2) is 77.2 Å². The monoisotopic (exact) mass is 460 g/mol. The predicted octanol–water partition coefficient (Wildman–Crippen LogP) is 2.67. The van der Waals surface area contributed by atoms with E-state index >= 15 is 0 Å². The van der Waals surface area contributed by atoms with Crippen molar-refractivity contribution in [3.8, 4) is 0 Å². The second-order valence-corrected chi connectivity index (χ2v) is 8.77. The van der Waals surface area contributed by atoms with Crippen LogP contribution >= 0.6 is 11.8 Å². The number of thioether (sulfide) groups is 1. The Morgan fingerprint density at radius 2 is 1.73 bits per heavy atom. The van der Waals surface area contributed by atoms with E-state index in [4.69, 9.17) is 0 Å². The van der Waals surface area contributed by atoms with Gasteiger partial charge in [0, 0.05) is 38.4 Å². The molecule has 1 aliphatic rings. The lowest BCUT2D eigenvalue weighted by atomic mass is 10.2. The zero-order valence-corrected chi connectivity index (χ0v) is 18.9. The molecule has 0 saturated carbocycles. The maximum Gasteiger partial charge on any atom is 0.263 e. The molecule has 3 heterocycles. The standard InChI is InChI=1S/C24H24N6O2S/c1-2-12-29-22(32)19-10-6-7-11-20(19)30-23(29)25-26-24(30)33-17-21(31)28-15-13-27(14-16-28)18-8-4-3-5-9-18/h2-11H,1,12-17H2. The van der Waals surface area contributed by atoms with Gasteiger partial charge in [0.15, 0.2) is 5.16 Å². The van der Waals surface area contributed by atoms with Crippen LogP contribution in [-0.4, -0.2) is 61.9 Å². The Labute approximate surface area is 195 Å². The van der Waals surface area contributed by atoms with Gasteiger partial charge >= 0.3 is 0 Å². The molecular formula is C24H24N6O2S. The van der Waals surface area contributed by atoms with Gasteiger partial charge in [-0.3, -0.25) is 18.6 Å². The first-order valence-corrected chi connectivity index (χ1v) is 11.8. The van der Waals surface area contributed by atoms with Gasteiger partial charge in [-0.1, -0.05) is 48.2 Å². The number of anilines is 1. The maximum absolute atomic E-state index is 12.9. The molecule has 4 aromatic rings. The number of piperazine rings is 1. The van der Waals surface area contributed by atoms with Gasteiger partial charge in [0.05, 0.1) is 16.7 Å². The molecular weight excluding hydrogens is 436 g/mol. The number of benzene rings is 2. The van der Waals surface area contributed by atoms with E-state index < -0.39 is 0 Å². The third kappa shape index (κ3) is 4.00. The summed E-state index contributed by atoms with van der Waals surface area (Å²) in [6.45, 7) is 7.09. The number of hydrogen-bond acceptors (Lipinski definition) is 6. The molecule has 5 rings (SSSR count). The molecule has 1 aliphatic heterocycles. The molecule has 168 valence electrons. The number of rotatable bonds is 6. The Morgan fingerprint density at radius 3 is 2.48 bits per heavy atom. The number of amides is 1. The molecule has 0 bridgehead atoms. The molecule has 1 fully saturated rings. The summed E-state index contributed by atoms with van der Waals surface area (Å²) in [6, 6.07) is 17.7. The number of allylic oxidation sites excluding steroid dienone is 1. The fraction of sp³-hybridized carbons (Fsp3) is 0.250. The highest BCUT2D eigenvalue weighted by Gasteiger charge is 2.23. The highest BCUT2D eigenvalue weighted by Crippen LogP contribution is 2.22. The van der Waals surface area contributed by atoms with Crippen LogP contribution in [0.25, 0.3) is 16.7 Å². The lowest BCUT2D eigenvalue weighted by molar-refractivity contribution is -0.128. The average Bonchev–Trinajstić information content (AvgIpc) is 3.30. The van der Waals surface area contributed by atoms with E-state index in [-0.39, 0.29) is 17.2 Å². The molecule has 2 aromatic carbocycles. The topological polar surface area (TPSA) is 75.7 Å². The van der Waals surface area contributed by atoms with E-state index in [0.29, 0.717) is 36.0 Å². The number of para-hydroxylation sites is 2. The molecule has 0 atom stereocenters. The van der Waals surface area contributed by atoms with Gasteiger partial charge in [0.1, 0.15) is 0 Å². The molecule has 8 nitrogen and oxygen atoms in total. The van der Waals surface area contributed by atoms with Crippen molar-refractivity contribution in [2.24, 2.45) is 0 Å². The van der Waals surface area contributed by atoms with Crippen molar-refractivity contribution in [1.29, 1.82) is 0 Å². The number of carbonyl (C=O) groups excluding carboxylic acids is 1. The predicted molar refractivity (Wildman–Crippen MR) is 131 cm³/mol. The molecule has 2 aromatic heterocycles. The van der Waals surface area contributed by atoms with Crippen molar-refractivity contribution in [2.75, 3.05) is 36.8 Å². The van der Waals surface area contributed by atoms with Gasteiger partial charge in [-0.15, -0.1) is 16.8 Å². The summed E-state index contributed by atoms with van der Waals surface area (Å²) in [6.07, 6.45) is 1.66. The first-order chi connectivity index (χ1) is 16.2. The van der Waals surface area contributed by atoms with Crippen molar-refractivity contribution in [3.63, 3.8) is 0 Å². The molecule has 0 unspecified atom stereocenters. The van der Waals surface area contributed by atoms with E-state index in [1.54, 1.807) is 16.7 Å². The SMILES string of the molecule is C=CCn1c(=O)c2ccccc2n2c(SCC(=O)N3CCN(c4ccccc4)CC3)nnc12. The van der Waals surface area contributed by atoms with Gasteiger partial charge in [-0.25, -0.2) is 0 Å². The molecule has 0 radical (unpaired) electrons. The van der Waals surface area contributed by atoms with Crippen molar-refractivity contribution in [2.45, 2.75) is 11.7 Å². The van der Waals surface area contributed by atoms with Crippen molar-refractivity contribution in [1.82, 2.24) is 24.1 Å². The third-order valence-electron chi connectivity index (χ3n) is 5.87. The first-order valence-electron chi connectivity index (χ1n) is 10.9. The van der Waals surface area contributed by atoms with Gasteiger partial charge < -0.3 is 9.80 Å². The maximum atomic E-state index is 12.9. The zero-order chi connectivity index (χ0) is 22.8. The largest absolute Gasteiger partial charge is 0.368 e. The fourth-order valence-electron chi connectivity index (χ4n) is 4.19. The van der Waals surface area contributed by atoms with Gasteiger partial charge in [-0.2, -0.15) is 0 Å². The Balaban J connectivity index is 1.34. The number of hydrogen-bond donors (Lipinski definition) is 0. The smallest absolute Gasteiger partial charge is 0.263 e. The van der Waals surface area contributed by atoms with Crippen LogP contribution in [0.1, 0.15) is 0 Å². The lowest BCUT2D eigenvalue weighted by Gasteiger charge is -2.36. The van der Waals surface area contributed by atoms with Crippen LogP contribution in [0.2, 0.25) is 0 Å². The molecule has 0 N–H and O–H groups in total. The molecule has 33 heavy (non-hydrogen) atoms. The quantitative estimate of drug-likeness (QED) is 0.325. The average molecular weight is 461 g/mol. The van der Waals surface area contributed by atoms with E-state index in [1.807, 2.05) is 45.7 Å². The van der Waals surface area contributed by atoms with E-state index in [2.05, 4.69) is 33.8 Å². The van der Waals surface area contributed by atoms with Crippen LogP contribution in [0.3, 0.4) is 0 Å². The Bertz CT molecular complexity index is 1370. The fourth-order valence-corrected chi connectivity index (χ4v) is 5.03. The number of nitrogens with zero attached hydrogens (tertiary/aromatic N) is 6. The molecule has 0 aliphatic carbocycles. The minimum absolute atomic E-state index is 0.0770. The Kier molecular flexibility index (Phi) is 5.87. The minimum atomic E-state index is -0.130. The highest BCUT2D eigenvalue weighted by atomic mass is 32.2. The van der Waals surface area contributed by atoms with Gasteiger partial charge in [0.2, 0.25) is 11.7 Å². The van der Waals surface area contributed by atoms with Crippen LogP contribution in [0.4, 0.5) is 5.69 Å². The second-order valence-electron chi connectivity index (χ2n) is 7.83. The van der Waals surface area contributed by atoms with Gasteiger partial charge in [0.25, 0.3) is 5.56 Å². The van der Waals surface area contributed by atoms with Crippen LogP contribution in [0.5, 0.6) is 0 Å². The first kappa shape index (κ1) is 21.3. The van der Waals surface area contributed by atoms with Crippen LogP contribution in [-0.2, 0) is 11.3 Å². The molecule has 9 heteroatoms. The van der Waals surface area contributed by atoms with Gasteiger partial charge in [-0.05, 0) is 24.3 Å². The van der Waals surface area contributed by atoms with Crippen LogP contribution in [0, 0.1) is 0 Å². The third-order valence-corrected chi connectivity index (χ3v) is 6.78. The summed E-state index contributed by atoms with van der Waals surface area (Å²) in [5.74, 6) is 0.791. The summed E-state index contributed by atoms with van der Waals surface area (Å²) >= 11 is 1.35. The Hall–Kier alpha value is -3.59. The minimum Gasteiger partial charge on any atom is -0.368 e. The van der Waals surface area contributed by atoms with E-state index in [0.717, 1.165) is 18.6 Å². The summed E-state index contributed by atoms with van der Waals surface area (Å²) in [4.78, 5) is 30.0. The number of carbonyl (C=O) groups is 1. The zero-order valence-electron chi connectivity index (χ0n) is 18.1. The summed E-state index contributed by atoms with van der Waals surface area (Å²) in [5.41, 5.74) is 1.79. The van der Waals surface area contributed by atoms with Crippen molar-refractivity contribution < 1.29 is 4.79 Å². The lowest BCUT2D eigenvalue weighted by Crippen LogP contribution is -2.49. The molecule has 1 amide bonds.